The molecule has 0 aliphatic carbocycles. The molecule has 2 aromatic carbocycles. The Balaban J connectivity index is 0.00000312. The largest absolute Gasteiger partial charge is 0.497 e. The zero-order valence-electron chi connectivity index (χ0n) is 14.5. The van der Waals surface area contributed by atoms with E-state index in [0.29, 0.717) is 19.4 Å². The van der Waals surface area contributed by atoms with Gasteiger partial charge in [-0.25, -0.2) is 0 Å². The van der Waals surface area contributed by atoms with Crippen molar-refractivity contribution in [2.75, 3.05) is 20.8 Å². The van der Waals surface area contributed by atoms with Gasteiger partial charge in [-0.3, -0.25) is 4.79 Å². The summed E-state index contributed by atoms with van der Waals surface area (Å²) >= 11 is 0. The lowest BCUT2D eigenvalue weighted by Crippen LogP contribution is -2.42. The lowest BCUT2D eigenvalue weighted by molar-refractivity contribution is -0.122. The Labute approximate surface area is 154 Å². The number of rotatable bonds is 8. The lowest BCUT2D eigenvalue weighted by atomic mass is 10.1. The van der Waals surface area contributed by atoms with Gasteiger partial charge in [-0.05, 0) is 42.2 Å². The third-order valence-corrected chi connectivity index (χ3v) is 3.82. The average molecular weight is 365 g/mol. The van der Waals surface area contributed by atoms with Gasteiger partial charge in [-0.1, -0.05) is 30.3 Å². The van der Waals surface area contributed by atoms with E-state index in [2.05, 4.69) is 5.32 Å². The molecule has 6 heteroatoms. The molecule has 0 fully saturated rings. The van der Waals surface area contributed by atoms with Crippen molar-refractivity contribution in [2.24, 2.45) is 5.73 Å². The molecule has 1 amide bonds. The molecule has 0 bridgehead atoms. The summed E-state index contributed by atoms with van der Waals surface area (Å²) in [5.41, 5.74) is 8.00. The number of methoxy groups -OCH3 is 2. The summed E-state index contributed by atoms with van der Waals surface area (Å²) in [6.45, 7) is 0.491. The molecule has 1 atom stereocenters. The Hall–Kier alpha value is -2.24. The first kappa shape index (κ1) is 20.8. The molecule has 25 heavy (non-hydrogen) atoms. The molecule has 2 rings (SSSR count). The Morgan fingerprint density at radius 1 is 1.12 bits per heavy atom. The van der Waals surface area contributed by atoms with Crippen LogP contribution < -0.4 is 20.5 Å². The van der Waals surface area contributed by atoms with E-state index in [1.54, 1.807) is 14.2 Å². The first-order valence-electron chi connectivity index (χ1n) is 7.92. The lowest BCUT2D eigenvalue weighted by Gasteiger charge is -2.14. The van der Waals surface area contributed by atoms with Gasteiger partial charge in [0.15, 0.2) is 0 Å². The van der Waals surface area contributed by atoms with E-state index in [4.69, 9.17) is 15.2 Å². The van der Waals surface area contributed by atoms with Gasteiger partial charge in [0.2, 0.25) is 5.91 Å². The molecule has 0 saturated carbocycles. The molecular weight excluding hydrogens is 340 g/mol. The highest BCUT2D eigenvalue weighted by atomic mass is 35.5. The second kappa shape index (κ2) is 10.6. The number of carbonyl (C=O) groups excluding carboxylic acids is 1. The number of ether oxygens (including phenoxy) is 2. The molecule has 136 valence electrons. The number of amides is 1. The van der Waals surface area contributed by atoms with Crippen LogP contribution in [0.1, 0.15) is 11.1 Å². The van der Waals surface area contributed by atoms with Crippen molar-refractivity contribution in [1.82, 2.24) is 5.32 Å². The summed E-state index contributed by atoms with van der Waals surface area (Å²) in [5, 5.41) is 2.88. The summed E-state index contributed by atoms with van der Waals surface area (Å²) in [7, 11) is 3.25. The molecule has 2 aromatic rings. The summed E-state index contributed by atoms with van der Waals surface area (Å²) in [6.07, 6.45) is 1.17. The fourth-order valence-corrected chi connectivity index (χ4v) is 2.49. The third kappa shape index (κ3) is 6.29. The second-order valence-electron chi connectivity index (χ2n) is 5.52. The van der Waals surface area contributed by atoms with Crippen LogP contribution in [0.5, 0.6) is 11.5 Å². The summed E-state index contributed by atoms with van der Waals surface area (Å²) in [4.78, 5) is 12.1. The van der Waals surface area contributed by atoms with Crippen LogP contribution in [-0.2, 0) is 17.6 Å². The number of hydrogen-bond acceptors (Lipinski definition) is 4. The van der Waals surface area contributed by atoms with Crippen LogP contribution in [0.3, 0.4) is 0 Å². The van der Waals surface area contributed by atoms with Gasteiger partial charge in [-0.2, -0.15) is 0 Å². The standard InChI is InChI=1S/C19H24N2O3.ClH/c1-23-16-8-9-18(24-2)15(13-16)10-11-21-19(22)17(20)12-14-6-4-3-5-7-14;/h3-9,13,17H,10-12,20H2,1-2H3,(H,21,22);1H/t17-;/m0./s1. The van der Waals surface area contributed by atoms with E-state index >= 15 is 0 Å². The summed E-state index contributed by atoms with van der Waals surface area (Å²) in [6, 6.07) is 14.8. The number of nitrogens with one attached hydrogen (secondary N) is 1. The van der Waals surface area contributed by atoms with Gasteiger partial charge < -0.3 is 20.5 Å². The van der Waals surface area contributed by atoms with Crippen molar-refractivity contribution in [3.8, 4) is 11.5 Å². The van der Waals surface area contributed by atoms with Crippen molar-refractivity contribution in [3.05, 3.63) is 59.7 Å². The molecule has 5 nitrogen and oxygen atoms in total. The zero-order chi connectivity index (χ0) is 17.4. The van der Waals surface area contributed by atoms with Crippen molar-refractivity contribution in [3.63, 3.8) is 0 Å². The van der Waals surface area contributed by atoms with Gasteiger partial charge in [-0.15, -0.1) is 12.4 Å². The summed E-state index contributed by atoms with van der Waals surface area (Å²) < 4.78 is 10.6. The fraction of sp³-hybridized carbons (Fsp3) is 0.316. The van der Waals surface area contributed by atoms with Crippen LogP contribution in [0, 0.1) is 0 Å². The number of hydrogen-bond donors (Lipinski definition) is 2. The molecule has 3 N–H and O–H groups in total. The normalized spacial score (nSPS) is 11.2. The van der Waals surface area contributed by atoms with Crippen molar-refractivity contribution in [1.29, 1.82) is 0 Å². The molecule has 0 aromatic heterocycles. The van der Waals surface area contributed by atoms with Gasteiger partial charge in [0.25, 0.3) is 0 Å². The second-order valence-corrected chi connectivity index (χ2v) is 5.52. The minimum atomic E-state index is -0.556. The molecule has 0 spiro atoms. The Kier molecular flexibility index (Phi) is 8.81. The fourth-order valence-electron chi connectivity index (χ4n) is 2.49. The summed E-state index contributed by atoms with van der Waals surface area (Å²) in [5.74, 6) is 1.39. The minimum absolute atomic E-state index is 0. The van der Waals surface area contributed by atoms with Crippen molar-refractivity contribution < 1.29 is 14.3 Å². The van der Waals surface area contributed by atoms with Crippen LogP contribution in [0.15, 0.2) is 48.5 Å². The number of nitrogens with two attached hydrogens (primary N) is 1. The van der Waals surface area contributed by atoms with E-state index in [0.717, 1.165) is 22.6 Å². The molecule has 0 saturated heterocycles. The average Bonchev–Trinajstić information content (AvgIpc) is 2.62. The highest BCUT2D eigenvalue weighted by Gasteiger charge is 2.14. The topological polar surface area (TPSA) is 73.6 Å². The maximum Gasteiger partial charge on any atom is 0.237 e. The maximum absolute atomic E-state index is 12.1. The Morgan fingerprint density at radius 2 is 1.84 bits per heavy atom. The van der Waals surface area contributed by atoms with E-state index in [-0.39, 0.29) is 18.3 Å². The molecule has 0 aliphatic heterocycles. The smallest absolute Gasteiger partial charge is 0.237 e. The molecule has 0 heterocycles. The van der Waals surface area contributed by atoms with Crippen LogP contribution in [-0.4, -0.2) is 32.7 Å². The monoisotopic (exact) mass is 364 g/mol. The first-order chi connectivity index (χ1) is 11.6. The molecule has 0 unspecified atom stereocenters. The van der Waals surface area contributed by atoms with Crippen LogP contribution in [0.25, 0.3) is 0 Å². The minimum Gasteiger partial charge on any atom is -0.497 e. The highest BCUT2D eigenvalue weighted by Crippen LogP contribution is 2.24. The number of benzene rings is 2. The van der Waals surface area contributed by atoms with Gasteiger partial charge in [0, 0.05) is 6.54 Å². The molecule has 0 aliphatic rings. The van der Waals surface area contributed by atoms with Gasteiger partial charge >= 0.3 is 0 Å². The van der Waals surface area contributed by atoms with Crippen LogP contribution in [0.4, 0.5) is 0 Å². The number of halogens is 1. The predicted molar refractivity (Wildman–Crippen MR) is 102 cm³/mol. The van der Waals surface area contributed by atoms with Crippen molar-refractivity contribution in [2.45, 2.75) is 18.9 Å². The zero-order valence-corrected chi connectivity index (χ0v) is 15.3. The van der Waals surface area contributed by atoms with E-state index < -0.39 is 6.04 Å². The molecule has 0 radical (unpaired) electrons. The number of carbonyl (C=O) groups is 1. The highest BCUT2D eigenvalue weighted by molar-refractivity contribution is 5.85. The van der Waals surface area contributed by atoms with Gasteiger partial charge in [0.1, 0.15) is 11.5 Å². The van der Waals surface area contributed by atoms with Crippen molar-refractivity contribution >= 4 is 18.3 Å². The predicted octanol–water partition coefficient (Wildman–Crippen LogP) is 2.35. The first-order valence-corrected chi connectivity index (χ1v) is 7.92. The van der Waals surface area contributed by atoms with Crippen LogP contribution >= 0.6 is 12.4 Å². The van der Waals surface area contributed by atoms with E-state index in [1.807, 2.05) is 48.5 Å². The molecular formula is C19H25ClN2O3. The van der Waals surface area contributed by atoms with Crippen LogP contribution in [0.2, 0.25) is 0 Å². The third-order valence-electron chi connectivity index (χ3n) is 3.82. The Morgan fingerprint density at radius 3 is 2.48 bits per heavy atom. The quantitative estimate of drug-likeness (QED) is 0.754. The SMILES string of the molecule is COc1ccc(OC)c(CCNC(=O)[C@@H](N)Cc2ccccc2)c1.Cl. The van der Waals surface area contributed by atoms with E-state index in [1.165, 1.54) is 0 Å². The maximum atomic E-state index is 12.1. The Bertz CT molecular complexity index is 665. The van der Waals surface area contributed by atoms with E-state index in [9.17, 15) is 4.79 Å². The van der Waals surface area contributed by atoms with Gasteiger partial charge in [0.05, 0.1) is 20.3 Å².